The Kier molecular flexibility index (Phi) is 2.11. The third-order valence-corrected chi connectivity index (χ3v) is 6.40. The maximum absolute atomic E-state index is 4.68. The molecular formula is C9H17NSSi. The maximum atomic E-state index is 4.68. The van der Waals surface area contributed by atoms with Crippen LogP contribution in [0.25, 0.3) is 0 Å². The molecule has 12 heavy (non-hydrogen) atoms. The molecule has 68 valence electrons. The highest BCUT2D eigenvalue weighted by atomic mass is 32.4. The Labute approximate surface area is 79.7 Å². The summed E-state index contributed by atoms with van der Waals surface area (Å²) in [4.78, 5) is 4.68. The summed E-state index contributed by atoms with van der Waals surface area (Å²) in [6, 6.07) is 0.743. The summed E-state index contributed by atoms with van der Waals surface area (Å²) in [5.74, 6) is 0. The molecule has 3 heteroatoms. The van der Waals surface area contributed by atoms with Crippen molar-refractivity contribution in [1.82, 2.24) is 0 Å². The van der Waals surface area contributed by atoms with E-state index in [0.717, 1.165) is 11.3 Å². The Balaban J connectivity index is 1.79. The van der Waals surface area contributed by atoms with Crippen LogP contribution < -0.4 is 0 Å². The minimum Gasteiger partial charge on any atom is -0.290 e. The predicted octanol–water partition coefficient (Wildman–Crippen LogP) is 2.93. The Morgan fingerprint density at radius 2 is 2.00 bits per heavy atom. The second-order valence-corrected chi connectivity index (χ2v) is 14.2. The highest BCUT2D eigenvalue weighted by molar-refractivity contribution is 8.29. The van der Waals surface area contributed by atoms with Crippen LogP contribution in [0.4, 0.5) is 0 Å². The molecule has 0 amide bonds. The van der Waals surface area contributed by atoms with Crippen molar-refractivity contribution in [1.29, 1.82) is 0 Å². The standard InChI is InChI=1S/C9H17NSSi/c1-12(2,3)11-9-6-8(9)10-7-4-5-7/h7,9H,4-6H2,1-3H3/b10-8-. The van der Waals surface area contributed by atoms with Crippen molar-refractivity contribution in [3.8, 4) is 0 Å². The van der Waals surface area contributed by atoms with Gasteiger partial charge in [-0.2, -0.15) is 11.2 Å². The third kappa shape index (κ3) is 2.63. The molecule has 2 saturated carbocycles. The van der Waals surface area contributed by atoms with E-state index in [1.807, 2.05) is 0 Å². The van der Waals surface area contributed by atoms with Crippen molar-refractivity contribution in [3.05, 3.63) is 0 Å². The van der Waals surface area contributed by atoms with E-state index >= 15 is 0 Å². The minimum atomic E-state index is -0.894. The van der Waals surface area contributed by atoms with Gasteiger partial charge in [-0.05, 0) is 12.8 Å². The van der Waals surface area contributed by atoms with Gasteiger partial charge in [0.1, 0.15) is 7.22 Å². The molecule has 0 aromatic rings. The summed E-state index contributed by atoms with van der Waals surface area (Å²) in [6.45, 7) is 7.26. The monoisotopic (exact) mass is 199 g/mol. The molecule has 0 spiro atoms. The molecule has 0 bridgehead atoms. The van der Waals surface area contributed by atoms with Gasteiger partial charge in [-0.15, -0.1) is 0 Å². The maximum Gasteiger partial charge on any atom is 0.109 e. The van der Waals surface area contributed by atoms with E-state index in [2.05, 4.69) is 35.8 Å². The van der Waals surface area contributed by atoms with Crippen molar-refractivity contribution in [2.45, 2.75) is 50.2 Å². The van der Waals surface area contributed by atoms with E-state index in [0.29, 0.717) is 0 Å². The van der Waals surface area contributed by atoms with E-state index in [-0.39, 0.29) is 0 Å². The predicted molar refractivity (Wildman–Crippen MR) is 59.8 cm³/mol. The van der Waals surface area contributed by atoms with Gasteiger partial charge in [0, 0.05) is 17.4 Å². The summed E-state index contributed by atoms with van der Waals surface area (Å²) in [5.41, 5.74) is 1.52. The molecule has 0 aliphatic heterocycles. The lowest BCUT2D eigenvalue weighted by molar-refractivity contribution is 1.07. The lowest BCUT2D eigenvalue weighted by Gasteiger charge is -2.13. The number of hydrogen-bond acceptors (Lipinski definition) is 2. The zero-order chi connectivity index (χ0) is 8.77. The van der Waals surface area contributed by atoms with Gasteiger partial charge >= 0.3 is 0 Å². The average molecular weight is 199 g/mol. The van der Waals surface area contributed by atoms with Crippen LogP contribution in [0.3, 0.4) is 0 Å². The van der Waals surface area contributed by atoms with Crippen LogP contribution in [0.5, 0.6) is 0 Å². The second kappa shape index (κ2) is 2.88. The summed E-state index contributed by atoms with van der Waals surface area (Å²) in [6.07, 6.45) is 4.01. The van der Waals surface area contributed by atoms with E-state index in [1.54, 1.807) is 0 Å². The van der Waals surface area contributed by atoms with Crippen LogP contribution in [0.1, 0.15) is 19.3 Å². The van der Waals surface area contributed by atoms with Gasteiger partial charge in [0.25, 0.3) is 0 Å². The fraction of sp³-hybridized carbons (Fsp3) is 0.889. The van der Waals surface area contributed by atoms with Crippen LogP contribution in [0.2, 0.25) is 19.6 Å². The molecule has 0 saturated heterocycles. The topological polar surface area (TPSA) is 12.4 Å². The zero-order valence-electron chi connectivity index (χ0n) is 8.13. The molecule has 2 aliphatic rings. The molecule has 2 rings (SSSR count). The van der Waals surface area contributed by atoms with Gasteiger partial charge in [-0.3, -0.25) is 4.99 Å². The smallest absolute Gasteiger partial charge is 0.109 e. The quantitative estimate of drug-likeness (QED) is 0.637. The van der Waals surface area contributed by atoms with E-state index in [1.165, 1.54) is 25.0 Å². The SMILES string of the molecule is C[Si](C)(C)SC1C/C1=N/C1CC1. The Morgan fingerprint density at radius 3 is 2.50 bits per heavy atom. The molecule has 1 nitrogen and oxygen atoms in total. The number of aliphatic imine (C=N–C) groups is 1. The van der Waals surface area contributed by atoms with E-state index in [9.17, 15) is 0 Å². The van der Waals surface area contributed by atoms with Gasteiger partial charge in [0.2, 0.25) is 0 Å². The lowest BCUT2D eigenvalue weighted by Crippen LogP contribution is -2.15. The summed E-state index contributed by atoms with van der Waals surface area (Å²) >= 11 is 2.21. The van der Waals surface area contributed by atoms with Crippen molar-refractivity contribution >= 4 is 24.1 Å². The van der Waals surface area contributed by atoms with Gasteiger partial charge in [0.05, 0.1) is 6.04 Å². The van der Waals surface area contributed by atoms with Crippen LogP contribution in [-0.2, 0) is 0 Å². The first-order chi connectivity index (χ1) is 5.54. The van der Waals surface area contributed by atoms with Crippen LogP contribution in [-0.4, -0.2) is 24.2 Å². The molecule has 2 aliphatic carbocycles. The highest BCUT2D eigenvalue weighted by Gasteiger charge is 2.38. The first-order valence-corrected chi connectivity index (χ1v) is 9.89. The highest BCUT2D eigenvalue weighted by Crippen LogP contribution is 2.39. The molecule has 0 heterocycles. The summed E-state index contributed by atoms with van der Waals surface area (Å²) in [5, 5.41) is 0.831. The second-order valence-electron chi connectivity index (χ2n) is 4.77. The molecule has 2 fully saturated rings. The average Bonchev–Trinajstić information content (AvgIpc) is 2.70. The molecule has 0 N–H and O–H groups in total. The molecule has 0 radical (unpaired) electrons. The normalized spacial score (nSPS) is 32.6. The Morgan fingerprint density at radius 1 is 1.33 bits per heavy atom. The molecule has 1 unspecified atom stereocenters. The largest absolute Gasteiger partial charge is 0.290 e. The summed E-state index contributed by atoms with van der Waals surface area (Å²) in [7, 11) is -0.894. The molecule has 0 aromatic carbocycles. The van der Waals surface area contributed by atoms with E-state index in [4.69, 9.17) is 0 Å². The molecule has 0 aromatic heterocycles. The Hall–Kier alpha value is 0.237. The first kappa shape index (κ1) is 8.82. The van der Waals surface area contributed by atoms with Crippen molar-refractivity contribution in [3.63, 3.8) is 0 Å². The number of nitrogens with zero attached hydrogens (tertiary/aromatic N) is 1. The van der Waals surface area contributed by atoms with Crippen LogP contribution in [0.15, 0.2) is 4.99 Å². The van der Waals surface area contributed by atoms with Gasteiger partial charge < -0.3 is 0 Å². The fourth-order valence-electron chi connectivity index (χ4n) is 1.24. The number of rotatable bonds is 3. The van der Waals surface area contributed by atoms with Crippen molar-refractivity contribution < 1.29 is 0 Å². The Bertz CT molecular complexity index is 215. The lowest BCUT2D eigenvalue weighted by atomic mass is 10.7. The molecular weight excluding hydrogens is 182 g/mol. The first-order valence-electron chi connectivity index (χ1n) is 4.79. The summed E-state index contributed by atoms with van der Waals surface area (Å²) < 4.78 is 0. The van der Waals surface area contributed by atoms with Gasteiger partial charge in [-0.1, -0.05) is 19.6 Å². The fourth-order valence-corrected chi connectivity index (χ4v) is 5.76. The van der Waals surface area contributed by atoms with Crippen LogP contribution >= 0.6 is 11.2 Å². The van der Waals surface area contributed by atoms with Crippen LogP contribution in [0, 0.1) is 0 Å². The van der Waals surface area contributed by atoms with Crippen molar-refractivity contribution in [2.24, 2.45) is 4.99 Å². The molecule has 1 atom stereocenters. The van der Waals surface area contributed by atoms with Gasteiger partial charge in [-0.25, -0.2) is 0 Å². The third-order valence-electron chi connectivity index (χ3n) is 2.00. The van der Waals surface area contributed by atoms with Crippen molar-refractivity contribution in [2.75, 3.05) is 0 Å². The minimum absolute atomic E-state index is 0.743. The van der Waals surface area contributed by atoms with Gasteiger partial charge in [0.15, 0.2) is 0 Å². The number of hydrogen-bond donors (Lipinski definition) is 0. The van der Waals surface area contributed by atoms with E-state index < -0.39 is 7.22 Å². The zero-order valence-corrected chi connectivity index (χ0v) is 9.95.